The summed E-state index contributed by atoms with van der Waals surface area (Å²) in [6, 6.07) is 7.58. The van der Waals surface area contributed by atoms with Crippen molar-refractivity contribution in [3.8, 4) is 0 Å². The molecule has 2 heterocycles. The first-order valence-electron chi connectivity index (χ1n) is 11.0. The zero-order chi connectivity index (χ0) is 24.9. The number of carbonyl (C=O) groups is 3. The number of hydrogen-bond donors (Lipinski definition) is 1. The highest BCUT2D eigenvalue weighted by Gasteiger charge is 2.60. The zero-order valence-electron chi connectivity index (χ0n) is 19.8. The number of rotatable bonds is 9. The Kier molecular flexibility index (Phi) is 8.47. The SMILES string of the molecule is CCOC(=O)[C@@H](NC(=O)OCc1ccccc1)[C@@H](OC(C)=O)[C@H]1O[C@@H](OC)[C@H]2OC(C)(C)O[C@@H]12. The summed E-state index contributed by atoms with van der Waals surface area (Å²) >= 11 is 0. The molecule has 0 unspecified atom stereocenters. The van der Waals surface area contributed by atoms with Crippen molar-refractivity contribution in [3.63, 3.8) is 0 Å². The number of hydrogen-bond acceptors (Lipinski definition) is 10. The van der Waals surface area contributed by atoms with Crippen LogP contribution in [-0.2, 0) is 49.4 Å². The number of carbonyl (C=O) groups excluding carboxylic acids is 3. The van der Waals surface area contributed by atoms with Gasteiger partial charge in [0.1, 0.15) is 24.9 Å². The van der Waals surface area contributed by atoms with Gasteiger partial charge in [0, 0.05) is 14.0 Å². The largest absolute Gasteiger partial charge is 0.464 e. The molecule has 0 radical (unpaired) electrons. The first-order chi connectivity index (χ1) is 16.1. The van der Waals surface area contributed by atoms with Crippen LogP contribution in [0.4, 0.5) is 4.79 Å². The summed E-state index contributed by atoms with van der Waals surface area (Å²) in [6.45, 7) is 6.24. The summed E-state index contributed by atoms with van der Waals surface area (Å²) in [5.41, 5.74) is 0.755. The maximum Gasteiger partial charge on any atom is 0.408 e. The molecule has 1 aromatic rings. The Morgan fingerprint density at radius 1 is 1.09 bits per heavy atom. The quantitative estimate of drug-likeness (QED) is 0.411. The summed E-state index contributed by atoms with van der Waals surface area (Å²) in [5, 5.41) is 2.46. The minimum Gasteiger partial charge on any atom is -0.464 e. The standard InChI is InChI=1S/C23H31NO10/c1-6-29-20(26)15(24-22(27)30-12-14-10-8-7-9-11-14)16(31-13(2)25)17-18-19(21(28-5)32-17)34-23(3,4)33-18/h7-11,15-19,21H,6,12H2,1-5H3,(H,24,27)/t15-,16+,17+,18-,19-,21+/m0/s1. The van der Waals surface area contributed by atoms with E-state index in [4.69, 9.17) is 33.2 Å². The van der Waals surface area contributed by atoms with E-state index in [0.29, 0.717) is 0 Å². The van der Waals surface area contributed by atoms with E-state index in [-0.39, 0.29) is 13.2 Å². The summed E-state index contributed by atoms with van der Waals surface area (Å²) in [7, 11) is 1.43. The Morgan fingerprint density at radius 2 is 1.76 bits per heavy atom. The smallest absolute Gasteiger partial charge is 0.408 e. The highest BCUT2D eigenvalue weighted by Crippen LogP contribution is 2.41. The average Bonchev–Trinajstić information content (AvgIpc) is 3.28. The van der Waals surface area contributed by atoms with Crippen molar-refractivity contribution in [1.82, 2.24) is 5.32 Å². The average molecular weight is 481 g/mol. The van der Waals surface area contributed by atoms with Gasteiger partial charge in [-0.2, -0.15) is 0 Å². The van der Waals surface area contributed by atoms with E-state index in [2.05, 4.69) is 5.32 Å². The van der Waals surface area contributed by atoms with Gasteiger partial charge in [0.15, 0.2) is 24.2 Å². The van der Waals surface area contributed by atoms with Gasteiger partial charge in [0.05, 0.1) is 6.61 Å². The Morgan fingerprint density at radius 3 is 2.38 bits per heavy atom. The molecule has 0 saturated carbocycles. The maximum absolute atomic E-state index is 12.9. The van der Waals surface area contributed by atoms with Crippen LogP contribution >= 0.6 is 0 Å². The molecule has 2 fully saturated rings. The van der Waals surface area contributed by atoms with Crippen LogP contribution in [0.5, 0.6) is 0 Å². The molecule has 34 heavy (non-hydrogen) atoms. The molecule has 0 bridgehead atoms. The van der Waals surface area contributed by atoms with E-state index in [0.717, 1.165) is 5.56 Å². The summed E-state index contributed by atoms with van der Waals surface area (Å²) in [5.74, 6) is -2.49. The van der Waals surface area contributed by atoms with Crippen molar-refractivity contribution >= 4 is 18.0 Å². The number of amides is 1. The third-order valence-corrected chi connectivity index (χ3v) is 5.26. The van der Waals surface area contributed by atoms with Gasteiger partial charge >= 0.3 is 18.0 Å². The van der Waals surface area contributed by atoms with Crippen molar-refractivity contribution < 1.29 is 47.5 Å². The molecule has 188 valence electrons. The third kappa shape index (κ3) is 6.23. The Bertz CT molecular complexity index is 861. The molecular formula is C23H31NO10. The predicted molar refractivity (Wildman–Crippen MR) is 115 cm³/mol. The van der Waals surface area contributed by atoms with Gasteiger partial charge in [-0.05, 0) is 26.3 Å². The summed E-state index contributed by atoms with van der Waals surface area (Å²) < 4.78 is 39.0. The Labute approximate surface area is 197 Å². The molecular weight excluding hydrogens is 450 g/mol. The zero-order valence-corrected chi connectivity index (χ0v) is 19.8. The fourth-order valence-corrected chi connectivity index (χ4v) is 3.96. The number of alkyl carbamates (subject to hydrolysis) is 1. The lowest BCUT2D eigenvalue weighted by molar-refractivity contribution is -0.240. The van der Waals surface area contributed by atoms with Gasteiger partial charge in [0.2, 0.25) is 0 Å². The van der Waals surface area contributed by atoms with E-state index in [1.807, 2.05) is 6.07 Å². The minimum absolute atomic E-state index is 0.0258. The molecule has 3 rings (SSSR count). The first kappa shape index (κ1) is 25.9. The summed E-state index contributed by atoms with van der Waals surface area (Å²) in [4.78, 5) is 37.4. The molecule has 1 N–H and O–H groups in total. The lowest BCUT2D eigenvalue weighted by Gasteiger charge is -2.32. The molecule has 2 aliphatic rings. The number of fused-ring (bicyclic) bond motifs is 1. The Hall–Kier alpha value is -2.73. The van der Waals surface area contributed by atoms with Gasteiger partial charge in [0.25, 0.3) is 0 Å². The Balaban J connectivity index is 1.83. The fourth-order valence-electron chi connectivity index (χ4n) is 3.96. The van der Waals surface area contributed by atoms with E-state index in [1.54, 1.807) is 45.0 Å². The highest BCUT2D eigenvalue weighted by atomic mass is 16.8. The van der Waals surface area contributed by atoms with Crippen LogP contribution in [0, 0.1) is 0 Å². The molecule has 6 atom stereocenters. The topological polar surface area (TPSA) is 128 Å². The van der Waals surface area contributed by atoms with Crippen molar-refractivity contribution in [1.29, 1.82) is 0 Å². The van der Waals surface area contributed by atoms with Crippen LogP contribution in [0.15, 0.2) is 30.3 Å². The van der Waals surface area contributed by atoms with Crippen molar-refractivity contribution in [2.75, 3.05) is 13.7 Å². The van der Waals surface area contributed by atoms with Gasteiger partial charge < -0.3 is 38.5 Å². The lowest BCUT2D eigenvalue weighted by atomic mass is 9.99. The molecule has 0 spiro atoms. The summed E-state index contributed by atoms with van der Waals surface area (Å²) in [6.07, 6.45) is -5.46. The second-order valence-electron chi connectivity index (χ2n) is 8.28. The van der Waals surface area contributed by atoms with E-state index in [1.165, 1.54) is 14.0 Å². The van der Waals surface area contributed by atoms with Gasteiger partial charge in [-0.15, -0.1) is 0 Å². The number of ether oxygens (including phenoxy) is 7. The molecule has 0 aromatic heterocycles. The maximum atomic E-state index is 12.9. The molecule has 11 nitrogen and oxygen atoms in total. The van der Waals surface area contributed by atoms with Crippen molar-refractivity contribution in [3.05, 3.63) is 35.9 Å². The van der Waals surface area contributed by atoms with Gasteiger partial charge in [-0.1, -0.05) is 30.3 Å². The van der Waals surface area contributed by atoms with Crippen molar-refractivity contribution in [2.45, 2.75) is 76.8 Å². The fraction of sp³-hybridized carbons (Fsp3) is 0.609. The molecule has 11 heteroatoms. The van der Waals surface area contributed by atoms with Crippen molar-refractivity contribution in [2.24, 2.45) is 0 Å². The van der Waals surface area contributed by atoms with E-state index < -0.39 is 60.6 Å². The van der Waals surface area contributed by atoms with Crippen LogP contribution in [0.25, 0.3) is 0 Å². The first-order valence-corrected chi connectivity index (χ1v) is 11.0. The monoisotopic (exact) mass is 481 g/mol. The number of methoxy groups -OCH3 is 1. The molecule has 2 saturated heterocycles. The lowest BCUT2D eigenvalue weighted by Crippen LogP contribution is -2.57. The number of esters is 2. The van der Waals surface area contributed by atoms with Crippen LogP contribution in [0.2, 0.25) is 0 Å². The van der Waals surface area contributed by atoms with E-state index in [9.17, 15) is 14.4 Å². The van der Waals surface area contributed by atoms with Gasteiger partial charge in [-0.25, -0.2) is 9.59 Å². The predicted octanol–water partition coefficient (Wildman–Crippen LogP) is 1.67. The highest BCUT2D eigenvalue weighted by molar-refractivity contribution is 5.82. The van der Waals surface area contributed by atoms with Crippen LogP contribution in [-0.4, -0.2) is 74.3 Å². The number of benzene rings is 1. The normalized spacial score (nSPS) is 26.7. The molecule has 1 aromatic carbocycles. The number of nitrogens with one attached hydrogen (secondary N) is 1. The van der Waals surface area contributed by atoms with Gasteiger partial charge in [-0.3, -0.25) is 4.79 Å². The molecule has 0 aliphatic carbocycles. The van der Waals surface area contributed by atoms with Crippen LogP contribution < -0.4 is 5.32 Å². The molecule has 2 aliphatic heterocycles. The second kappa shape index (κ2) is 11.1. The third-order valence-electron chi connectivity index (χ3n) is 5.26. The second-order valence-corrected chi connectivity index (χ2v) is 8.28. The van der Waals surface area contributed by atoms with Crippen LogP contribution in [0.3, 0.4) is 0 Å². The molecule has 1 amide bonds. The van der Waals surface area contributed by atoms with E-state index >= 15 is 0 Å². The van der Waals surface area contributed by atoms with Crippen LogP contribution in [0.1, 0.15) is 33.3 Å². The minimum atomic E-state index is -1.44.